The Morgan fingerprint density at radius 3 is 2.62 bits per heavy atom. The summed E-state index contributed by atoms with van der Waals surface area (Å²) in [5, 5.41) is 9.42. The second kappa shape index (κ2) is 6.54. The van der Waals surface area contributed by atoms with Gasteiger partial charge in [0.05, 0.1) is 12.6 Å². The first-order valence-electron chi connectivity index (χ1n) is 6.62. The van der Waals surface area contributed by atoms with Crippen LogP contribution in [-0.2, 0) is 10.0 Å². The van der Waals surface area contributed by atoms with Gasteiger partial charge in [-0.15, -0.1) is 0 Å². The van der Waals surface area contributed by atoms with Crippen LogP contribution in [0.15, 0.2) is 23.1 Å². The molecule has 1 fully saturated rings. The minimum absolute atomic E-state index is 0.151. The van der Waals surface area contributed by atoms with Gasteiger partial charge >= 0.3 is 0 Å². The molecule has 2 rings (SSSR count). The Kier molecular flexibility index (Phi) is 4.96. The van der Waals surface area contributed by atoms with E-state index in [0.29, 0.717) is 18.4 Å². The first-order chi connectivity index (χ1) is 9.95. The molecule has 0 unspecified atom stereocenters. The monoisotopic (exact) mass is 312 g/mol. The summed E-state index contributed by atoms with van der Waals surface area (Å²) in [4.78, 5) is -0.364. The SMILES string of the molecule is NCC#Cc1ccc(S(=O)(=O)N2CCC(O)CC2)c(F)c1. The zero-order chi connectivity index (χ0) is 15.5. The van der Waals surface area contributed by atoms with Crippen LogP contribution in [0.5, 0.6) is 0 Å². The molecule has 0 spiro atoms. The molecule has 3 N–H and O–H groups in total. The molecule has 1 aliphatic heterocycles. The maximum absolute atomic E-state index is 14.1. The van der Waals surface area contributed by atoms with E-state index in [-0.39, 0.29) is 24.5 Å². The van der Waals surface area contributed by atoms with Crippen LogP contribution in [0.1, 0.15) is 18.4 Å². The predicted molar refractivity (Wildman–Crippen MR) is 76.3 cm³/mol. The second-order valence-corrected chi connectivity index (χ2v) is 6.69. The van der Waals surface area contributed by atoms with Crippen molar-refractivity contribution >= 4 is 10.0 Å². The summed E-state index contributed by atoms with van der Waals surface area (Å²) in [7, 11) is -3.88. The van der Waals surface area contributed by atoms with E-state index >= 15 is 0 Å². The van der Waals surface area contributed by atoms with Gasteiger partial charge in [0, 0.05) is 18.7 Å². The van der Waals surface area contributed by atoms with Crippen LogP contribution in [0, 0.1) is 17.7 Å². The molecule has 5 nitrogen and oxygen atoms in total. The predicted octanol–water partition coefficient (Wildman–Crippen LogP) is 0.281. The third-order valence-electron chi connectivity index (χ3n) is 3.31. The highest BCUT2D eigenvalue weighted by Gasteiger charge is 2.30. The standard InChI is InChI=1S/C14H17FN2O3S/c15-13-10-11(2-1-7-16)3-4-14(13)21(19,20)17-8-5-12(18)6-9-17/h3-4,10,12,18H,5-9,16H2. The van der Waals surface area contributed by atoms with Crippen molar-refractivity contribution < 1.29 is 17.9 Å². The lowest BCUT2D eigenvalue weighted by atomic mass is 10.1. The van der Waals surface area contributed by atoms with Gasteiger partial charge in [-0.05, 0) is 31.0 Å². The Bertz CT molecular complexity index is 671. The Hall–Kier alpha value is -1.46. The lowest BCUT2D eigenvalue weighted by Crippen LogP contribution is -2.40. The Balaban J connectivity index is 2.28. The number of piperidine rings is 1. The van der Waals surface area contributed by atoms with Gasteiger partial charge in [0.25, 0.3) is 0 Å². The van der Waals surface area contributed by atoms with Crippen LogP contribution in [-0.4, -0.2) is 43.6 Å². The zero-order valence-electron chi connectivity index (χ0n) is 11.4. The minimum Gasteiger partial charge on any atom is -0.393 e. The number of hydrogen-bond acceptors (Lipinski definition) is 4. The Morgan fingerprint density at radius 1 is 1.38 bits per heavy atom. The smallest absolute Gasteiger partial charge is 0.245 e. The summed E-state index contributed by atoms with van der Waals surface area (Å²) in [6.07, 6.45) is 0.233. The quantitative estimate of drug-likeness (QED) is 0.769. The summed E-state index contributed by atoms with van der Waals surface area (Å²) in [5.74, 6) is 4.41. The molecule has 1 aromatic carbocycles. The average molecular weight is 312 g/mol. The number of halogens is 1. The lowest BCUT2D eigenvalue weighted by Gasteiger charge is -2.28. The zero-order valence-corrected chi connectivity index (χ0v) is 12.2. The number of hydrogen-bond donors (Lipinski definition) is 2. The number of rotatable bonds is 2. The van der Waals surface area contributed by atoms with E-state index < -0.39 is 21.9 Å². The maximum Gasteiger partial charge on any atom is 0.245 e. The molecule has 7 heteroatoms. The van der Waals surface area contributed by atoms with Crippen molar-refractivity contribution in [3.8, 4) is 11.8 Å². The highest BCUT2D eigenvalue weighted by atomic mass is 32.2. The molecule has 0 saturated carbocycles. The van der Waals surface area contributed by atoms with Gasteiger partial charge in [0.15, 0.2) is 0 Å². The molecule has 0 aliphatic carbocycles. The van der Waals surface area contributed by atoms with Crippen LogP contribution in [0.4, 0.5) is 4.39 Å². The van der Waals surface area contributed by atoms with Crippen molar-refractivity contribution in [1.29, 1.82) is 0 Å². The molecular formula is C14H17FN2O3S. The minimum atomic E-state index is -3.88. The fraction of sp³-hybridized carbons (Fsp3) is 0.429. The van der Waals surface area contributed by atoms with Crippen molar-refractivity contribution in [3.63, 3.8) is 0 Å². The van der Waals surface area contributed by atoms with Gasteiger partial charge in [-0.25, -0.2) is 12.8 Å². The van der Waals surface area contributed by atoms with Crippen molar-refractivity contribution in [2.45, 2.75) is 23.8 Å². The number of nitrogens with two attached hydrogens (primary N) is 1. The maximum atomic E-state index is 14.1. The summed E-state index contributed by atoms with van der Waals surface area (Å²) in [5.41, 5.74) is 5.61. The molecule has 0 atom stereocenters. The average Bonchev–Trinajstić information content (AvgIpc) is 2.45. The number of aliphatic hydroxyl groups is 1. The van der Waals surface area contributed by atoms with Gasteiger partial charge in [0.1, 0.15) is 10.7 Å². The van der Waals surface area contributed by atoms with Crippen LogP contribution in [0.3, 0.4) is 0 Å². The first kappa shape index (κ1) is 15.9. The third kappa shape index (κ3) is 3.60. The summed E-state index contributed by atoms with van der Waals surface area (Å²) >= 11 is 0. The fourth-order valence-electron chi connectivity index (χ4n) is 2.16. The van der Waals surface area contributed by atoms with Crippen molar-refractivity contribution in [3.05, 3.63) is 29.6 Å². The summed E-state index contributed by atoms with van der Waals surface area (Å²) in [6.45, 7) is 0.535. The fourth-order valence-corrected chi connectivity index (χ4v) is 3.68. The van der Waals surface area contributed by atoms with E-state index in [9.17, 15) is 17.9 Å². The van der Waals surface area contributed by atoms with Gasteiger partial charge in [-0.2, -0.15) is 4.31 Å². The summed E-state index contributed by atoms with van der Waals surface area (Å²) in [6, 6.07) is 3.77. The molecule has 1 aromatic rings. The van der Waals surface area contributed by atoms with Gasteiger partial charge in [-0.1, -0.05) is 11.8 Å². The molecule has 21 heavy (non-hydrogen) atoms. The largest absolute Gasteiger partial charge is 0.393 e. The molecule has 0 aromatic heterocycles. The van der Waals surface area contributed by atoms with Gasteiger partial charge in [0.2, 0.25) is 10.0 Å². The topological polar surface area (TPSA) is 83.6 Å². The van der Waals surface area contributed by atoms with Crippen LogP contribution in [0.25, 0.3) is 0 Å². The van der Waals surface area contributed by atoms with Gasteiger partial charge in [-0.3, -0.25) is 0 Å². The van der Waals surface area contributed by atoms with Crippen molar-refractivity contribution in [2.24, 2.45) is 5.73 Å². The number of aliphatic hydroxyl groups excluding tert-OH is 1. The van der Waals surface area contributed by atoms with Crippen molar-refractivity contribution in [2.75, 3.05) is 19.6 Å². The van der Waals surface area contributed by atoms with Crippen molar-refractivity contribution in [1.82, 2.24) is 4.31 Å². The van der Waals surface area contributed by atoms with E-state index in [1.54, 1.807) is 0 Å². The van der Waals surface area contributed by atoms with Crippen LogP contribution < -0.4 is 5.73 Å². The van der Waals surface area contributed by atoms with E-state index in [1.165, 1.54) is 16.4 Å². The first-order valence-corrected chi connectivity index (χ1v) is 8.06. The van der Waals surface area contributed by atoms with E-state index in [1.807, 2.05) is 0 Å². The van der Waals surface area contributed by atoms with Crippen LogP contribution >= 0.6 is 0 Å². The van der Waals surface area contributed by atoms with E-state index in [4.69, 9.17) is 5.73 Å². The Labute approximate surface area is 123 Å². The number of sulfonamides is 1. The normalized spacial score (nSPS) is 17.3. The summed E-state index contributed by atoms with van der Waals surface area (Å²) < 4.78 is 40.0. The highest BCUT2D eigenvalue weighted by Crippen LogP contribution is 2.23. The second-order valence-electron chi connectivity index (χ2n) is 4.79. The number of benzene rings is 1. The van der Waals surface area contributed by atoms with Gasteiger partial charge < -0.3 is 10.8 Å². The molecule has 0 amide bonds. The molecule has 0 radical (unpaired) electrons. The van der Waals surface area contributed by atoms with E-state index in [0.717, 1.165) is 6.07 Å². The highest BCUT2D eigenvalue weighted by molar-refractivity contribution is 7.89. The number of nitrogens with zero attached hydrogens (tertiary/aromatic N) is 1. The van der Waals surface area contributed by atoms with E-state index in [2.05, 4.69) is 11.8 Å². The molecule has 0 bridgehead atoms. The lowest BCUT2D eigenvalue weighted by molar-refractivity contribution is 0.113. The molecular weight excluding hydrogens is 295 g/mol. The Morgan fingerprint density at radius 2 is 2.05 bits per heavy atom. The van der Waals surface area contributed by atoms with Crippen LogP contribution in [0.2, 0.25) is 0 Å². The molecule has 1 saturated heterocycles. The molecule has 1 aliphatic rings. The molecule has 114 valence electrons. The third-order valence-corrected chi connectivity index (χ3v) is 5.24. The molecule has 1 heterocycles.